The number of nitrogens with zero attached hydrogens (tertiary/aromatic N) is 1. The number of hydrogen-bond donors (Lipinski definition) is 1. The lowest BCUT2D eigenvalue weighted by atomic mass is 10.0. The van der Waals surface area contributed by atoms with Gasteiger partial charge in [-0.2, -0.15) is 0 Å². The van der Waals surface area contributed by atoms with Crippen molar-refractivity contribution in [3.63, 3.8) is 0 Å². The van der Waals surface area contributed by atoms with Gasteiger partial charge in [-0.3, -0.25) is 18.6 Å². The fourth-order valence-electron chi connectivity index (χ4n) is 9.68. The van der Waals surface area contributed by atoms with E-state index in [9.17, 15) is 19.0 Å². The van der Waals surface area contributed by atoms with Gasteiger partial charge in [0.2, 0.25) is 0 Å². The molecule has 10 heteroatoms. The van der Waals surface area contributed by atoms with Crippen molar-refractivity contribution >= 4 is 19.8 Å². The molecule has 0 aliphatic heterocycles. The van der Waals surface area contributed by atoms with Crippen LogP contribution in [0, 0.1) is 0 Å². The number of allylic oxidation sites excluding steroid dienone is 28. The van der Waals surface area contributed by atoms with Gasteiger partial charge in [0.25, 0.3) is 0 Å². The normalized spacial score (nSPS) is 14.1. The van der Waals surface area contributed by atoms with E-state index in [2.05, 4.69) is 184 Å². The zero-order chi connectivity index (χ0) is 66.9. The number of carbonyl (C=O) groups is 2. The number of esters is 2. The molecule has 0 fully saturated rings. The average molecular weight is 1300 g/mol. The van der Waals surface area contributed by atoms with Crippen LogP contribution < -0.4 is 0 Å². The molecule has 0 heterocycles. The van der Waals surface area contributed by atoms with Crippen LogP contribution in [0.4, 0.5) is 0 Å². The van der Waals surface area contributed by atoms with Gasteiger partial charge in [0, 0.05) is 12.8 Å². The molecule has 1 N–H and O–H groups in total. The Hall–Kier alpha value is -4.63. The summed E-state index contributed by atoms with van der Waals surface area (Å²) in [5, 5.41) is 0. The molecule has 0 aromatic heterocycles. The van der Waals surface area contributed by atoms with E-state index in [1.54, 1.807) is 0 Å². The third-order valence-corrected chi connectivity index (χ3v) is 16.2. The average Bonchev–Trinajstić information content (AvgIpc) is 2.14. The minimum Gasteiger partial charge on any atom is -0.462 e. The Morgan fingerprint density at radius 3 is 0.870 bits per heavy atom. The molecule has 0 saturated carbocycles. The first kappa shape index (κ1) is 87.4. The summed E-state index contributed by atoms with van der Waals surface area (Å²) in [5.41, 5.74) is 0. The minimum absolute atomic E-state index is 0.0236. The summed E-state index contributed by atoms with van der Waals surface area (Å²) < 4.78 is 34.8. The highest BCUT2D eigenvalue weighted by atomic mass is 31.2. The van der Waals surface area contributed by atoms with Crippen LogP contribution in [0.2, 0.25) is 0 Å². The molecule has 0 aliphatic rings. The fourth-order valence-corrected chi connectivity index (χ4v) is 10.4. The van der Waals surface area contributed by atoms with E-state index in [1.807, 2.05) is 21.1 Å². The SMILES string of the molecule is CC/C=C\C/C=C\C/C=C\C/C=C\C/C=C\C/C=C\C/C=C\C/C=C\C/C=C\CCCCCCCCCCCCCC(=O)OC(COC(=O)CCCCCCCCCCCCCCC/C=C\C/C=C\C/C=C\C/C=C\C/C=C\CC)COP(=O)(O)OCC[N+](C)(C)C. The van der Waals surface area contributed by atoms with Crippen LogP contribution in [0.25, 0.3) is 0 Å². The van der Waals surface area contributed by atoms with Gasteiger partial charge in [0.05, 0.1) is 27.7 Å². The van der Waals surface area contributed by atoms with Crippen molar-refractivity contribution in [1.82, 2.24) is 0 Å². The van der Waals surface area contributed by atoms with Gasteiger partial charge in [0.15, 0.2) is 6.10 Å². The van der Waals surface area contributed by atoms with Crippen LogP contribution in [0.15, 0.2) is 170 Å². The number of phosphoric ester groups is 1. The highest BCUT2D eigenvalue weighted by molar-refractivity contribution is 7.47. The summed E-state index contributed by atoms with van der Waals surface area (Å²) in [6.45, 7) is 4.20. The van der Waals surface area contributed by atoms with Crippen LogP contribution in [0.5, 0.6) is 0 Å². The maximum absolute atomic E-state index is 12.9. The lowest BCUT2D eigenvalue weighted by Crippen LogP contribution is -2.37. The van der Waals surface area contributed by atoms with Crippen LogP contribution in [-0.4, -0.2) is 74.9 Å². The molecular weight excluding hydrogens is 1160 g/mol. The Morgan fingerprint density at radius 1 is 0.337 bits per heavy atom. The number of quaternary nitrogens is 1. The molecule has 0 aromatic carbocycles. The lowest BCUT2D eigenvalue weighted by molar-refractivity contribution is -0.870. The molecule has 522 valence electrons. The molecule has 0 saturated heterocycles. The molecule has 0 amide bonds. The molecule has 0 aromatic rings. The van der Waals surface area contributed by atoms with Crippen molar-refractivity contribution < 1.29 is 42.1 Å². The Labute approximate surface area is 566 Å². The van der Waals surface area contributed by atoms with Crippen LogP contribution in [0.1, 0.15) is 284 Å². The van der Waals surface area contributed by atoms with Gasteiger partial charge in [-0.1, -0.05) is 312 Å². The Balaban J connectivity index is 4.08. The predicted molar refractivity (Wildman–Crippen MR) is 399 cm³/mol. The summed E-state index contributed by atoms with van der Waals surface area (Å²) in [4.78, 5) is 35.9. The largest absolute Gasteiger partial charge is 0.472 e. The third-order valence-electron chi connectivity index (χ3n) is 15.2. The van der Waals surface area contributed by atoms with E-state index < -0.39 is 26.5 Å². The predicted octanol–water partition coefficient (Wildman–Crippen LogP) is 24.5. The summed E-state index contributed by atoms with van der Waals surface area (Å²) in [6, 6.07) is 0. The highest BCUT2D eigenvalue weighted by Gasteiger charge is 2.27. The summed E-state index contributed by atoms with van der Waals surface area (Å²) >= 11 is 0. The molecule has 9 nitrogen and oxygen atoms in total. The number of phosphoric acid groups is 1. The number of unbranched alkanes of at least 4 members (excludes halogenated alkanes) is 24. The Bertz CT molecular complexity index is 2160. The molecule has 0 spiro atoms. The maximum Gasteiger partial charge on any atom is 0.472 e. The zero-order valence-electron chi connectivity index (χ0n) is 59.5. The topological polar surface area (TPSA) is 108 Å². The first-order chi connectivity index (χ1) is 45.0. The van der Waals surface area contributed by atoms with Crippen molar-refractivity contribution in [3.05, 3.63) is 170 Å². The van der Waals surface area contributed by atoms with Crippen LogP contribution in [-0.2, 0) is 32.7 Å². The quantitative estimate of drug-likeness (QED) is 0.0211. The Morgan fingerprint density at radius 2 is 0.587 bits per heavy atom. The first-order valence-corrected chi connectivity index (χ1v) is 38.4. The molecule has 2 atom stereocenters. The third kappa shape index (κ3) is 74.4. The van der Waals surface area contributed by atoms with Gasteiger partial charge < -0.3 is 18.9 Å². The molecule has 0 bridgehead atoms. The van der Waals surface area contributed by atoms with E-state index >= 15 is 0 Å². The van der Waals surface area contributed by atoms with Gasteiger partial charge in [-0.05, 0) is 128 Å². The first-order valence-electron chi connectivity index (χ1n) is 36.9. The molecular formula is C82H137NO8P+. The van der Waals surface area contributed by atoms with E-state index in [1.165, 1.54) is 116 Å². The molecule has 0 aliphatic carbocycles. The van der Waals surface area contributed by atoms with Crippen LogP contribution in [0.3, 0.4) is 0 Å². The van der Waals surface area contributed by atoms with Crippen molar-refractivity contribution in [2.24, 2.45) is 0 Å². The molecule has 92 heavy (non-hydrogen) atoms. The van der Waals surface area contributed by atoms with Crippen molar-refractivity contribution in [2.75, 3.05) is 47.5 Å². The Kier molecular flexibility index (Phi) is 67.1. The van der Waals surface area contributed by atoms with E-state index in [4.69, 9.17) is 18.5 Å². The number of hydrogen-bond acceptors (Lipinski definition) is 7. The van der Waals surface area contributed by atoms with E-state index in [0.717, 1.165) is 135 Å². The smallest absolute Gasteiger partial charge is 0.462 e. The summed E-state index contributed by atoms with van der Waals surface area (Å²) in [6.07, 6.45) is 107. The number of carbonyl (C=O) groups excluding carboxylic acids is 2. The highest BCUT2D eigenvalue weighted by Crippen LogP contribution is 2.43. The zero-order valence-corrected chi connectivity index (χ0v) is 60.4. The minimum atomic E-state index is -4.41. The molecule has 0 radical (unpaired) electrons. The van der Waals surface area contributed by atoms with Gasteiger partial charge in [0.1, 0.15) is 19.8 Å². The van der Waals surface area contributed by atoms with Crippen molar-refractivity contribution in [1.29, 1.82) is 0 Å². The second-order valence-electron chi connectivity index (χ2n) is 25.2. The lowest BCUT2D eigenvalue weighted by Gasteiger charge is -2.24. The number of ether oxygens (including phenoxy) is 2. The fraction of sp³-hybridized carbons (Fsp3) is 0.634. The molecule has 2 unspecified atom stereocenters. The van der Waals surface area contributed by atoms with Crippen molar-refractivity contribution in [3.8, 4) is 0 Å². The van der Waals surface area contributed by atoms with E-state index in [-0.39, 0.29) is 32.0 Å². The number of likely N-dealkylation sites (N-methyl/N-ethyl adjacent to an activating group) is 1. The van der Waals surface area contributed by atoms with E-state index in [0.29, 0.717) is 17.4 Å². The van der Waals surface area contributed by atoms with Gasteiger partial charge >= 0.3 is 19.8 Å². The monoisotopic (exact) mass is 1300 g/mol. The second-order valence-corrected chi connectivity index (χ2v) is 26.7. The van der Waals surface area contributed by atoms with Gasteiger partial charge in [-0.25, -0.2) is 4.57 Å². The maximum atomic E-state index is 12.9. The molecule has 0 rings (SSSR count). The number of rotatable bonds is 66. The second kappa shape index (κ2) is 70.7. The van der Waals surface area contributed by atoms with Crippen LogP contribution >= 0.6 is 7.82 Å². The standard InChI is InChI=1S/C82H136NO8P/c1-6-8-10-12-14-16-18-20-22-24-26-28-30-32-34-36-37-38-39-40-41-42-43-44-45-47-49-51-53-55-57-59-61-63-65-67-69-71-73-75-82(85)91-80(79-90-92(86,87)89-77-76-83(3,4)5)78-88-81(84)74-72-70-68-66-64-62-60-58-56-54-52-50-48-46-35-33-31-29-27-25-23-21-19-17-15-13-11-9-7-2/h8-11,14-17,20-23,26-29,32-35,37-38,40-41,43-44,47,49,80H,6-7,12-13,18-19,24-25,30-31,36,39,42,45-46,48,50-79H2,1-5H3/p+1/b10-8-,11-9-,16-14-,17-15-,22-20-,23-21-,28-26-,29-27-,34-32-,35-33-,38-37-,41-40-,44-43-,49-47-. The van der Waals surface area contributed by atoms with Crippen molar-refractivity contribution in [2.45, 2.75) is 290 Å². The summed E-state index contributed by atoms with van der Waals surface area (Å²) in [7, 11) is 1.46. The van der Waals surface area contributed by atoms with Gasteiger partial charge in [-0.15, -0.1) is 0 Å². The summed E-state index contributed by atoms with van der Waals surface area (Å²) in [5.74, 6) is -0.806.